The molecule has 1 atom stereocenters. The van der Waals surface area contributed by atoms with E-state index in [4.69, 9.17) is 0 Å². The van der Waals surface area contributed by atoms with E-state index in [0.29, 0.717) is 0 Å². The van der Waals surface area contributed by atoms with Gasteiger partial charge in [-0.05, 0) is 58.4 Å². The molecule has 0 fully saturated rings. The van der Waals surface area contributed by atoms with Crippen molar-refractivity contribution in [2.75, 3.05) is 4.43 Å². The zero-order valence-electron chi connectivity index (χ0n) is 15.5. The second-order valence-electron chi connectivity index (χ2n) is 7.39. The van der Waals surface area contributed by atoms with Crippen LogP contribution in [-0.2, 0) is 5.41 Å². The molecule has 0 N–H and O–H groups in total. The second-order valence-corrected chi connectivity index (χ2v) is 8.15. The number of aryl methyl sites for hydroxylation is 2. The number of rotatable bonds is 3. The van der Waals surface area contributed by atoms with E-state index in [9.17, 15) is 0 Å². The predicted octanol–water partition coefficient (Wildman–Crippen LogP) is 6.97. The number of alkyl halides is 1. The molecule has 1 aliphatic carbocycles. The van der Waals surface area contributed by atoms with E-state index in [1.54, 1.807) is 0 Å². The highest BCUT2D eigenvalue weighted by Crippen LogP contribution is 2.54. The third-order valence-corrected chi connectivity index (χ3v) is 7.21. The second kappa shape index (κ2) is 6.70. The molecule has 0 spiro atoms. The maximum atomic E-state index is 2.56. The van der Waals surface area contributed by atoms with Gasteiger partial charge in [-0.25, -0.2) is 0 Å². The van der Waals surface area contributed by atoms with E-state index in [2.05, 4.69) is 116 Å². The Kier molecular flexibility index (Phi) is 4.52. The van der Waals surface area contributed by atoms with Crippen LogP contribution in [0.15, 0.2) is 72.8 Å². The van der Waals surface area contributed by atoms with E-state index in [0.717, 1.165) is 4.43 Å². The molecule has 0 bridgehead atoms. The van der Waals surface area contributed by atoms with Gasteiger partial charge in [0.05, 0.1) is 0 Å². The molecule has 0 aromatic heterocycles. The van der Waals surface area contributed by atoms with Crippen LogP contribution in [0.5, 0.6) is 0 Å². The maximum absolute atomic E-state index is 2.56. The van der Waals surface area contributed by atoms with Gasteiger partial charge >= 0.3 is 0 Å². The van der Waals surface area contributed by atoms with Crippen molar-refractivity contribution in [1.29, 1.82) is 0 Å². The Labute approximate surface area is 170 Å². The molecule has 0 aliphatic heterocycles. The molecule has 1 aliphatic rings. The highest BCUT2D eigenvalue weighted by atomic mass is 127. The first-order valence-electron chi connectivity index (χ1n) is 9.10. The van der Waals surface area contributed by atoms with E-state index >= 15 is 0 Å². The lowest BCUT2D eigenvalue weighted by molar-refractivity contribution is 0.728. The number of allylic oxidation sites excluding steroid dienone is 1. The molecule has 3 aromatic rings. The fourth-order valence-electron chi connectivity index (χ4n) is 4.28. The van der Waals surface area contributed by atoms with Gasteiger partial charge in [-0.1, -0.05) is 102 Å². The molecule has 0 heterocycles. The van der Waals surface area contributed by atoms with Crippen LogP contribution in [0, 0.1) is 13.8 Å². The number of hydrogen-bond donors (Lipinski definition) is 0. The quantitative estimate of drug-likeness (QED) is 0.299. The summed E-state index contributed by atoms with van der Waals surface area (Å²) in [6.45, 7) is 6.86. The standard InChI is InChI=1S/C25H23I/c1-17-10-4-6-12-19(17)23-21-14-8-9-15-22(21)25(3,16-26)24(23)20-13-7-5-11-18(20)2/h4-15H,16H2,1-3H3. The zero-order chi connectivity index (χ0) is 18.3. The molecular weight excluding hydrogens is 427 g/mol. The monoisotopic (exact) mass is 450 g/mol. The lowest BCUT2D eigenvalue weighted by Crippen LogP contribution is -2.23. The van der Waals surface area contributed by atoms with Crippen molar-refractivity contribution in [2.24, 2.45) is 0 Å². The van der Waals surface area contributed by atoms with Crippen molar-refractivity contribution < 1.29 is 0 Å². The van der Waals surface area contributed by atoms with Crippen LogP contribution in [0.1, 0.15) is 40.3 Å². The summed E-state index contributed by atoms with van der Waals surface area (Å²) in [5.74, 6) is 0. The average Bonchev–Trinajstić information content (AvgIpc) is 2.92. The van der Waals surface area contributed by atoms with Crippen molar-refractivity contribution >= 4 is 33.7 Å². The summed E-state index contributed by atoms with van der Waals surface area (Å²) in [6, 6.07) is 26.6. The van der Waals surface area contributed by atoms with E-state index in [-0.39, 0.29) is 5.41 Å². The van der Waals surface area contributed by atoms with Gasteiger partial charge in [-0.2, -0.15) is 0 Å². The lowest BCUT2D eigenvalue weighted by Gasteiger charge is -2.29. The van der Waals surface area contributed by atoms with Gasteiger partial charge in [0, 0.05) is 9.84 Å². The van der Waals surface area contributed by atoms with Crippen LogP contribution < -0.4 is 0 Å². The van der Waals surface area contributed by atoms with Gasteiger partial charge in [0.2, 0.25) is 0 Å². The Balaban J connectivity index is 2.15. The predicted molar refractivity (Wildman–Crippen MR) is 121 cm³/mol. The van der Waals surface area contributed by atoms with Crippen molar-refractivity contribution in [3.8, 4) is 0 Å². The summed E-state index contributed by atoms with van der Waals surface area (Å²) >= 11 is 2.56. The van der Waals surface area contributed by atoms with E-state index in [1.165, 1.54) is 44.5 Å². The molecule has 26 heavy (non-hydrogen) atoms. The molecule has 0 amide bonds. The first kappa shape index (κ1) is 17.5. The Hall–Kier alpha value is -1.87. The molecule has 0 saturated heterocycles. The third-order valence-electron chi connectivity index (χ3n) is 5.69. The normalized spacial score (nSPS) is 18.9. The van der Waals surface area contributed by atoms with Gasteiger partial charge in [-0.3, -0.25) is 0 Å². The van der Waals surface area contributed by atoms with Gasteiger partial charge in [-0.15, -0.1) is 0 Å². The summed E-state index contributed by atoms with van der Waals surface area (Å²) in [7, 11) is 0. The van der Waals surface area contributed by atoms with Crippen LogP contribution in [0.4, 0.5) is 0 Å². The Morgan fingerprint density at radius 3 is 1.77 bits per heavy atom. The SMILES string of the molecule is Cc1ccccc1C1=C(c2ccccc2C)C(C)(CI)c2ccccc21. The topological polar surface area (TPSA) is 0 Å². The van der Waals surface area contributed by atoms with Gasteiger partial charge < -0.3 is 0 Å². The largest absolute Gasteiger partial charge is 0.0851 e. The van der Waals surface area contributed by atoms with Crippen molar-refractivity contribution in [2.45, 2.75) is 26.2 Å². The molecule has 0 nitrogen and oxygen atoms in total. The zero-order valence-corrected chi connectivity index (χ0v) is 17.7. The highest BCUT2D eigenvalue weighted by molar-refractivity contribution is 14.1. The fourth-order valence-corrected chi connectivity index (χ4v) is 5.08. The van der Waals surface area contributed by atoms with Gasteiger partial charge in [0.25, 0.3) is 0 Å². The minimum atomic E-state index is 0.0148. The molecule has 4 rings (SSSR count). The fraction of sp³-hybridized carbons (Fsp3) is 0.200. The lowest BCUT2D eigenvalue weighted by atomic mass is 9.76. The van der Waals surface area contributed by atoms with E-state index in [1.807, 2.05) is 0 Å². The van der Waals surface area contributed by atoms with Crippen LogP contribution >= 0.6 is 22.6 Å². The molecular formula is C25H23I. The summed E-state index contributed by atoms with van der Waals surface area (Å²) in [5.41, 5.74) is 11.1. The number of halogens is 1. The Bertz CT molecular complexity index is 1010. The van der Waals surface area contributed by atoms with Gasteiger partial charge in [0.1, 0.15) is 0 Å². The van der Waals surface area contributed by atoms with Gasteiger partial charge in [0.15, 0.2) is 0 Å². The smallest absolute Gasteiger partial charge is 0.0282 e. The molecule has 0 radical (unpaired) electrons. The van der Waals surface area contributed by atoms with Crippen LogP contribution in [0.3, 0.4) is 0 Å². The van der Waals surface area contributed by atoms with Crippen LogP contribution in [0.2, 0.25) is 0 Å². The Morgan fingerprint density at radius 2 is 1.19 bits per heavy atom. The number of fused-ring (bicyclic) bond motifs is 1. The number of benzene rings is 3. The molecule has 3 aromatic carbocycles. The maximum Gasteiger partial charge on any atom is 0.0282 e. The first-order chi connectivity index (χ1) is 12.6. The molecule has 130 valence electrons. The minimum Gasteiger partial charge on any atom is -0.0851 e. The molecule has 0 saturated carbocycles. The Morgan fingerprint density at radius 1 is 0.692 bits per heavy atom. The van der Waals surface area contributed by atoms with Crippen molar-refractivity contribution in [3.05, 3.63) is 106 Å². The van der Waals surface area contributed by atoms with Crippen LogP contribution in [-0.4, -0.2) is 4.43 Å². The van der Waals surface area contributed by atoms with E-state index < -0.39 is 0 Å². The molecule has 1 unspecified atom stereocenters. The first-order valence-corrected chi connectivity index (χ1v) is 10.6. The minimum absolute atomic E-state index is 0.0148. The molecule has 1 heteroatoms. The summed E-state index contributed by atoms with van der Waals surface area (Å²) in [4.78, 5) is 0. The van der Waals surface area contributed by atoms with Crippen molar-refractivity contribution in [3.63, 3.8) is 0 Å². The number of hydrogen-bond acceptors (Lipinski definition) is 0. The summed E-state index contributed by atoms with van der Waals surface area (Å²) < 4.78 is 1.06. The van der Waals surface area contributed by atoms with Crippen LogP contribution in [0.25, 0.3) is 11.1 Å². The third kappa shape index (κ3) is 2.56. The van der Waals surface area contributed by atoms with Crippen molar-refractivity contribution in [1.82, 2.24) is 0 Å². The summed E-state index contributed by atoms with van der Waals surface area (Å²) in [6.07, 6.45) is 0. The average molecular weight is 450 g/mol. The summed E-state index contributed by atoms with van der Waals surface area (Å²) in [5, 5.41) is 0. The highest BCUT2D eigenvalue weighted by Gasteiger charge is 2.42.